The Labute approximate surface area is 214 Å². The van der Waals surface area contributed by atoms with Crippen molar-refractivity contribution < 1.29 is 22.7 Å². The molecule has 0 saturated carbocycles. The number of sulfonamides is 1. The zero-order valence-corrected chi connectivity index (χ0v) is 21.3. The highest BCUT2D eigenvalue weighted by atomic mass is 35.5. The number of amides is 1. The summed E-state index contributed by atoms with van der Waals surface area (Å²) in [6.07, 6.45) is 1.38. The summed E-state index contributed by atoms with van der Waals surface area (Å²) >= 11 is 12.2. The molecule has 0 aromatic heterocycles. The van der Waals surface area contributed by atoms with Crippen molar-refractivity contribution in [2.45, 2.75) is 11.4 Å². The number of nitrogens with one attached hydrogen (secondary N) is 1. The molecule has 0 radical (unpaired) electrons. The van der Waals surface area contributed by atoms with E-state index in [4.69, 9.17) is 32.7 Å². The predicted octanol–water partition coefficient (Wildman–Crippen LogP) is 4.35. The minimum absolute atomic E-state index is 0.0440. The van der Waals surface area contributed by atoms with Gasteiger partial charge in [0.05, 0.1) is 31.9 Å². The molecule has 0 atom stereocenters. The van der Waals surface area contributed by atoms with Crippen LogP contribution in [0.3, 0.4) is 0 Å². The minimum atomic E-state index is -4.03. The number of ether oxygens (including phenoxy) is 2. The van der Waals surface area contributed by atoms with Crippen LogP contribution in [-0.4, -0.2) is 45.6 Å². The third-order valence-corrected chi connectivity index (χ3v) is 7.28. The van der Waals surface area contributed by atoms with E-state index in [9.17, 15) is 13.2 Å². The Balaban J connectivity index is 1.82. The van der Waals surface area contributed by atoms with E-state index in [1.54, 1.807) is 48.5 Å². The largest absolute Gasteiger partial charge is 0.493 e. The molecule has 1 amide bonds. The minimum Gasteiger partial charge on any atom is -0.493 e. The number of halogens is 2. The van der Waals surface area contributed by atoms with Gasteiger partial charge in [-0.15, -0.1) is 0 Å². The summed E-state index contributed by atoms with van der Waals surface area (Å²) in [7, 11) is -1.03. The van der Waals surface area contributed by atoms with Gasteiger partial charge in [-0.3, -0.25) is 4.79 Å². The van der Waals surface area contributed by atoms with E-state index in [0.29, 0.717) is 27.6 Å². The van der Waals surface area contributed by atoms with Gasteiger partial charge in [-0.2, -0.15) is 9.41 Å². The number of hydrogen-bond acceptors (Lipinski definition) is 6. The second-order valence-corrected chi connectivity index (χ2v) is 9.98. The molecule has 3 aromatic rings. The number of rotatable bonds is 10. The molecular formula is C24H23Cl2N3O5S. The van der Waals surface area contributed by atoms with Crippen molar-refractivity contribution in [2.75, 3.05) is 20.8 Å². The number of hydrazone groups is 1. The molecule has 0 aliphatic rings. The van der Waals surface area contributed by atoms with Crippen molar-refractivity contribution >= 4 is 45.3 Å². The smallest absolute Gasteiger partial charge is 0.255 e. The molecule has 11 heteroatoms. The average molecular weight is 536 g/mol. The zero-order chi connectivity index (χ0) is 25.4. The van der Waals surface area contributed by atoms with Gasteiger partial charge in [-0.25, -0.2) is 13.8 Å². The van der Waals surface area contributed by atoms with Gasteiger partial charge < -0.3 is 9.47 Å². The van der Waals surface area contributed by atoms with Crippen LogP contribution < -0.4 is 14.9 Å². The molecule has 3 aromatic carbocycles. The molecular weight excluding hydrogens is 513 g/mol. The summed E-state index contributed by atoms with van der Waals surface area (Å²) in [5.74, 6) is 0.300. The van der Waals surface area contributed by atoms with Crippen molar-refractivity contribution in [3.63, 3.8) is 0 Å². The van der Waals surface area contributed by atoms with Crippen molar-refractivity contribution in [2.24, 2.45) is 5.10 Å². The second-order valence-electron chi connectivity index (χ2n) is 7.20. The van der Waals surface area contributed by atoms with Gasteiger partial charge in [0, 0.05) is 22.2 Å². The number of carbonyl (C=O) groups is 1. The second kappa shape index (κ2) is 12.0. The molecule has 0 unspecified atom stereocenters. The molecule has 1 N–H and O–H groups in total. The highest BCUT2D eigenvalue weighted by Gasteiger charge is 2.27. The van der Waals surface area contributed by atoms with Gasteiger partial charge in [-0.05, 0) is 42.0 Å². The summed E-state index contributed by atoms with van der Waals surface area (Å²) in [5, 5.41) is 4.64. The third-order valence-electron chi connectivity index (χ3n) is 4.89. The molecule has 0 spiro atoms. The van der Waals surface area contributed by atoms with Crippen molar-refractivity contribution in [1.29, 1.82) is 0 Å². The number of nitrogens with zero attached hydrogens (tertiary/aromatic N) is 2. The number of carbonyl (C=O) groups excluding carboxylic acids is 1. The molecule has 3 rings (SSSR count). The topological polar surface area (TPSA) is 97.3 Å². The van der Waals surface area contributed by atoms with Gasteiger partial charge in [0.2, 0.25) is 10.0 Å². The molecule has 0 heterocycles. The standard InChI is InChI=1S/C24H23Cl2N3O5S/c1-33-22-10-6-7-17(24(22)34-2)14-27-28-23(30)16-29(15-18-11-12-19(25)13-21(18)26)35(31,32)20-8-4-3-5-9-20/h3-14H,15-16H2,1-2H3,(H,28,30)/b27-14-. The number of methoxy groups -OCH3 is 2. The summed E-state index contributed by atoms with van der Waals surface area (Å²) < 4.78 is 38.2. The average Bonchev–Trinajstić information content (AvgIpc) is 2.85. The van der Waals surface area contributed by atoms with E-state index >= 15 is 0 Å². The monoisotopic (exact) mass is 535 g/mol. The van der Waals surface area contributed by atoms with E-state index < -0.39 is 22.5 Å². The van der Waals surface area contributed by atoms with Crippen LogP contribution in [0.2, 0.25) is 10.0 Å². The van der Waals surface area contributed by atoms with Gasteiger partial charge >= 0.3 is 0 Å². The van der Waals surface area contributed by atoms with Crippen LogP contribution in [0.4, 0.5) is 0 Å². The first kappa shape index (κ1) is 26.5. The van der Waals surface area contributed by atoms with Gasteiger partial charge in [-0.1, -0.05) is 53.5 Å². The molecule has 184 valence electrons. The van der Waals surface area contributed by atoms with Crippen LogP contribution in [0.15, 0.2) is 76.7 Å². The first-order chi connectivity index (χ1) is 16.8. The van der Waals surface area contributed by atoms with Crippen molar-refractivity contribution in [1.82, 2.24) is 9.73 Å². The number of benzene rings is 3. The van der Waals surface area contributed by atoms with Crippen LogP contribution in [0, 0.1) is 0 Å². The van der Waals surface area contributed by atoms with Gasteiger partial charge in [0.1, 0.15) is 0 Å². The summed E-state index contributed by atoms with van der Waals surface area (Å²) in [6, 6.07) is 17.7. The Morgan fingerprint density at radius 1 is 1.03 bits per heavy atom. The molecule has 0 bridgehead atoms. The highest BCUT2D eigenvalue weighted by Crippen LogP contribution is 2.29. The third kappa shape index (κ3) is 6.73. The summed E-state index contributed by atoms with van der Waals surface area (Å²) in [6.45, 7) is -0.642. The number of para-hydroxylation sites is 1. The molecule has 8 nitrogen and oxygen atoms in total. The lowest BCUT2D eigenvalue weighted by molar-refractivity contribution is -0.121. The van der Waals surface area contributed by atoms with Crippen LogP contribution in [0.25, 0.3) is 0 Å². The van der Waals surface area contributed by atoms with E-state index in [1.807, 2.05) is 0 Å². The maximum atomic E-state index is 13.3. The maximum absolute atomic E-state index is 13.3. The lowest BCUT2D eigenvalue weighted by Crippen LogP contribution is -2.39. The fourth-order valence-electron chi connectivity index (χ4n) is 3.19. The Kier molecular flexibility index (Phi) is 9.11. The van der Waals surface area contributed by atoms with Crippen LogP contribution in [0.1, 0.15) is 11.1 Å². The van der Waals surface area contributed by atoms with Gasteiger partial charge in [0.15, 0.2) is 11.5 Å². The van der Waals surface area contributed by atoms with Crippen LogP contribution in [-0.2, 0) is 21.4 Å². The van der Waals surface area contributed by atoms with E-state index in [1.165, 1.54) is 38.6 Å². The Hall–Kier alpha value is -3.11. The zero-order valence-electron chi connectivity index (χ0n) is 18.9. The van der Waals surface area contributed by atoms with Crippen LogP contribution in [0.5, 0.6) is 11.5 Å². The van der Waals surface area contributed by atoms with Crippen molar-refractivity contribution in [3.8, 4) is 11.5 Å². The van der Waals surface area contributed by atoms with Crippen molar-refractivity contribution in [3.05, 3.63) is 87.9 Å². The highest BCUT2D eigenvalue weighted by molar-refractivity contribution is 7.89. The first-order valence-corrected chi connectivity index (χ1v) is 12.5. The Morgan fingerprint density at radius 2 is 1.77 bits per heavy atom. The summed E-state index contributed by atoms with van der Waals surface area (Å²) in [4.78, 5) is 12.7. The van der Waals surface area contributed by atoms with E-state index in [2.05, 4.69) is 10.5 Å². The predicted molar refractivity (Wildman–Crippen MR) is 136 cm³/mol. The molecule has 0 fully saturated rings. The fourth-order valence-corrected chi connectivity index (χ4v) is 5.05. The Morgan fingerprint density at radius 3 is 2.43 bits per heavy atom. The molecule has 35 heavy (non-hydrogen) atoms. The normalized spacial score (nSPS) is 11.6. The number of hydrogen-bond donors (Lipinski definition) is 1. The quantitative estimate of drug-likeness (QED) is 0.307. The molecule has 0 saturated heterocycles. The Bertz CT molecular complexity index is 1320. The lowest BCUT2D eigenvalue weighted by atomic mass is 10.2. The van der Waals surface area contributed by atoms with Crippen LogP contribution >= 0.6 is 23.2 Å². The van der Waals surface area contributed by atoms with E-state index in [-0.39, 0.29) is 16.5 Å². The SMILES string of the molecule is COc1cccc(/C=N\NC(=O)CN(Cc2ccc(Cl)cc2Cl)S(=O)(=O)c2ccccc2)c1OC. The molecule has 0 aliphatic heterocycles. The fraction of sp³-hybridized carbons (Fsp3) is 0.167. The maximum Gasteiger partial charge on any atom is 0.255 e. The van der Waals surface area contributed by atoms with Gasteiger partial charge in [0.25, 0.3) is 5.91 Å². The lowest BCUT2D eigenvalue weighted by Gasteiger charge is -2.22. The van der Waals surface area contributed by atoms with E-state index in [0.717, 1.165) is 4.31 Å². The first-order valence-electron chi connectivity index (χ1n) is 10.3. The summed E-state index contributed by atoms with van der Waals surface area (Å²) in [5.41, 5.74) is 3.41. The molecule has 0 aliphatic carbocycles.